The van der Waals surface area contributed by atoms with Crippen molar-refractivity contribution >= 4 is 16.9 Å². The Hall–Kier alpha value is -2.32. The molecule has 0 unspecified atom stereocenters. The molecule has 0 bridgehead atoms. The number of methoxy groups -OCH3 is 1. The number of hydrogen-bond donors (Lipinski definition) is 0. The third-order valence-corrected chi connectivity index (χ3v) is 5.76. The van der Waals surface area contributed by atoms with Gasteiger partial charge in [-0.05, 0) is 41.0 Å². The maximum Gasteiger partial charge on any atom is 0.122 e. The lowest BCUT2D eigenvalue weighted by Crippen LogP contribution is -2.06. The van der Waals surface area contributed by atoms with Crippen LogP contribution < -0.4 is 4.74 Å². The molecule has 2 heteroatoms. The van der Waals surface area contributed by atoms with E-state index in [1.165, 1.54) is 21.6 Å². The molecule has 0 fully saturated rings. The van der Waals surface area contributed by atoms with E-state index in [2.05, 4.69) is 72.1 Å². The van der Waals surface area contributed by atoms with Gasteiger partial charge in [-0.2, -0.15) is 0 Å². The van der Waals surface area contributed by atoms with Gasteiger partial charge in [0.25, 0.3) is 0 Å². The Morgan fingerprint density at radius 3 is 2.46 bits per heavy atom. The summed E-state index contributed by atoms with van der Waals surface area (Å²) in [5.74, 6) is 1.78. The lowest BCUT2D eigenvalue weighted by Gasteiger charge is -2.22. The maximum absolute atomic E-state index is 5.64. The molecule has 0 aliphatic heterocycles. The highest BCUT2D eigenvalue weighted by Crippen LogP contribution is 2.50. The molecule has 0 saturated heterocycles. The highest BCUT2D eigenvalue weighted by atomic mass is 32.1. The zero-order chi connectivity index (χ0) is 16.4. The van der Waals surface area contributed by atoms with Crippen LogP contribution in [0.3, 0.4) is 0 Å². The Morgan fingerprint density at radius 1 is 0.917 bits per heavy atom. The summed E-state index contributed by atoms with van der Waals surface area (Å²) in [6.45, 7) is 0. The Morgan fingerprint density at radius 2 is 1.71 bits per heavy atom. The van der Waals surface area contributed by atoms with E-state index in [1.807, 2.05) is 17.4 Å². The average molecular weight is 332 g/mol. The minimum Gasteiger partial charge on any atom is -0.496 e. The lowest BCUT2D eigenvalue weighted by atomic mass is 9.83. The van der Waals surface area contributed by atoms with Gasteiger partial charge in [0.2, 0.25) is 0 Å². The molecule has 1 aromatic heterocycles. The number of para-hydroxylation sites is 1. The van der Waals surface area contributed by atoms with Gasteiger partial charge in [0.15, 0.2) is 0 Å². The first-order chi connectivity index (χ1) is 11.9. The van der Waals surface area contributed by atoms with Gasteiger partial charge in [0, 0.05) is 16.4 Å². The molecule has 1 nitrogen and oxygen atoms in total. The molecule has 2 atom stereocenters. The highest BCUT2D eigenvalue weighted by molar-refractivity contribution is 7.11. The molecule has 0 radical (unpaired) electrons. The fourth-order valence-electron chi connectivity index (χ4n) is 3.68. The van der Waals surface area contributed by atoms with Crippen molar-refractivity contribution in [2.24, 2.45) is 0 Å². The number of rotatable bonds is 4. The molecule has 24 heavy (non-hydrogen) atoms. The van der Waals surface area contributed by atoms with E-state index in [1.54, 1.807) is 7.11 Å². The van der Waals surface area contributed by atoms with Crippen molar-refractivity contribution in [2.45, 2.75) is 18.3 Å². The zero-order valence-corrected chi connectivity index (χ0v) is 14.5. The van der Waals surface area contributed by atoms with Crippen LogP contribution in [0.2, 0.25) is 0 Å². The number of benzene rings is 2. The van der Waals surface area contributed by atoms with Crippen LogP contribution in [0.1, 0.15) is 34.3 Å². The summed E-state index contributed by atoms with van der Waals surface area (Å²) in [6.07, 6.45) is 3.52. The van der Waals surface area contributed by atoms with E-state index in [0.717, 1.165) is 12.2 Å². The number of allylic oxidation sites excluding steroid dienone is 2. The fraction of sp³-hybridized carbons (Fsp3) is 0.182. The molecule has 4 rings (SSSR count). The van der Waals surface area contributed by atoms with Gasteiger partial charge in [0.1, 0.15) is 5.75 Å². The van der Waals surface area contributed by atoms with Crippen molar-refractivity contribution in [1.29, 1.82) is 0 Å². The third-order valence-electron chi connectivity index (χ3n) is 4.82. The van der Waals surface area contributed by atoms with Gasteiger partial charge in [-0.1, -0.05) is 60.7 Å². The van der Waals surface area contributed by atoms with E-state index < -0.39 is 0 Å². The van der Waals surface area contributed by atoms with E-state index in [0.29, 0.717) is 11.8 Å². The predicted octanol–water partition coefficient (Wildman–Crippen LogP) is 6.11. The van der Waals surface area contributed by atoms with Crippen LogP contribution in [0.15, 0.2) is 78.2 Å². The summed E-state index contributed by atoms with van der Waals surface area (Å²) in [7, 11) is 1.76. The van der Waals surface area contributed by atoms with E-state index in [9.17, 15) is 0 Å². The van der Waals surface area contributed by atoms with Gasteiger partial charge in [-0.25, -0.2) is 0 Å². The molecule has 0 N–H and O–H groups in total. The molecule has 2 aromatic carbocycles. The monoisotopic (exact) mass is 332 g/mol. The standard InChI is InChI=1S/C22H20OS/c1-23-21-11-6-5-10-18(21)20-15-17(22-12-7-13-24-22)14-19(20)16-8-3-2-4-9-16/h2-13,15,19-20H,14H2,1H3/t19-,20-/m0/s1. The predicted molar refractivity (Wildman–Crippen MR) is 102 cm³/mol. The molecular formula is C22H20OS. The Labute approximate surface area is 147 Å². The van der Waals surface area contributed by atoms with Crippen LogP contribution in [0.4, 0.5) is 0 Å². The lowest BCUT2D eigenvalue weighted by molar-refractivity contribution is 0.406. The SMILES string of the molecule is COc1ccccc1[C@@H]1C=C(c2cccs2)C[C@H]1c1ccccc1. The second-order valence-corrected chi connectivity index (χ2v) is 7.11. The molecule has 1 heterocycles. The zero-order valence-electron chi connectivity index (χ0n) is 13.7. The van der Waals surface area contributed by atoms with Crippen molar-refractivity contribution in [3.8, 4) is 5.75 Å². The largest absolute Gasteiger partial charge is 0.496 e. The Bertz CT molecular complexity index is 833. The summed E-state index contributed by atoms with van der Waals surface area (Å²) in [4.78, 5) is 1.38. The average Bonchev–Trinajstić information content (AvgIpc) is 3.32. The second kappa shape index (κ2) is 6.66. The smallest absolute Gasteiger partial charge is 0.122 e. The van der Waals surface area contributed by atoms with Crippen molar-refractivity contribution < 1.29 is 4.74 Å². The van der Waals surface area contributed by atoms with E-state index in [4.69, 9.17) is 4.74 Å². The quantitative estimate of drug-likeness (QED) is 0.560. The van der Waals surface area contributed by atoms with Crippen LogP contribution in [-0.2, 0) is 0 Å². The van der Waals surface area contributed by atoms with Gasteiger partial charge < -0.3 is 4.74 Å². The van der Waals surface area contributed by atoms with Crippen molar-refractivity contribution in [1.82, 2.24) is 0 Å². The summed E-state index contributed by atoms with van der Waals surface area (Å²) in [5, 5.41) is 2.16. The minimum atomic E-state index is 0.348. The van der Waals surface area contributed by atoms with Crippen molar-refractivity contribution in [2.75, 3.05) is 7.11 Å². The molecule has 120 valence electrons. The maximum atomic E-state index is 5.64. The summed E-state index contributed by atoms with van der Waals surface area (Å²) in [6, 6.07) is 23.6. The van der Waals surface area contributed by atoms with E-state index in [-0.39, 0.29) is 0 Å². The molecule has 3 aromatic rings. The molecule has 1 aliphatic carbocycles. The van der Waals surface area contributed by atoms with Gasteiger partial charge in [0.05, 0.1) is 7.11 Å². The summed E-state index contributed by atoms with van der Waals surface area (Å²) in [5.41, 5.74) is 4.13. The van der Waals surface area contributed by atoms with Crippen LogP contribution in [0, 0.1) is 0 Å². The topological polar surface area (TPSA) is 9.23 Å². The minimum absolute atomic E-state index is 0.348. The number of thiophene rings is 1. The molecule has 0 amide bonds. The first-order valence-corrected chi connectivity index (χ1v) is 9.17. The molecule has 0 saturated carbocycles. The highest BCUT2D eigenvalue weighted by Gasteiger charge is 2.32. The summed E-state index contributed by atoms with van der Waals surface area (Å²) < 4.78 is 5.64. The fourth-order valence-corrected chi connectivity index (χ4v) is 4.45. The van der Waals surface area contributed by atoms with Gasteiger partial charge >= 0.3 is 0 Å². The van der Waals surface area contributed by atoms with Crippen LogP contribution in [0.25, 0.3) is 5.57 Å². The first kappa shape index (κ1) is 15.2. The first-order valence-electron chi connectivity index (χ1n) is 8.29. The normalized spacial score (nSPS) is 20.0. The van der Waals surface area contributed by atoms with Crippen molar-refractivity contribution in [3.63, 3.8) is 0 Å². The molecular weight excluding hydrogens is 312 g/mol. The van der Waals surface area contributed by atoms with Crippen LogP contribution in [0.5, 0.6) is 5.75 Å². The number of hydrogen-bond acceptors (Lipinski definition) is 2. The molecule has 1 aliphatic rings. The number of ether oxygens (including phenoxy) is 1. The van der Waals surface area contributed by atoms with Crippen molar-refractivity contribution in [3.05, 3.63) is 94.2 Å². The summed E-state index contributed by atoms with van der Waals surface area (Å²) >= 11 is 1.83. The Balaban J connectivity index is 1.79. The van der Waals surface area contributed by atoms with Gasteiger partial charge in [-0.15, -0.1) is 11.3 Å². The second-order valence-electron chi connectivity index (χ2n) is 6.16. The third kappa shape index (κ3) is 2.78. The van der Waals surface area contributed by atoms with Crippen LogP contribution >= 0.6 is 11.3 Å². The molecule has 0 spiro atoms. The van der Waals surface area contributed by atoms with Crippen LogP contribution in [-0.4, -0.2) is 7.11 Å². The Kier molecular flexibility index (Phi) is 4.22. The van der Waals surface area contributed by atoms with E-state index >= 15 is 0 Å². The van der Waals surface area contributed by atoms with Gasteiger partial charge in [-0.3, -0.25) is 0 Å².